The second-order valence-corrected chi connectivity index (χ2v) is 9.57. The van der Waals surface area contributed by atoms with Crippen LogP contribution >= 0.6 is 0 Å². The normalized spacial score (nSPS) is 15.1. The molecule has 41 heavy (non-hydrogen) atoms. The lowest BCUT2D eigenvalue weighted by Crippen LogP contribution is -2.36. The first-order chi connectivity index (χ1) is 20.0. The van der Waals surface area contributed by atoms with Crippen molar-refractivity contribution in [2.75, 3.05) is 6.61 Å². The summed E-state index contributed by atoms with van der Waals surface area (Å²) in [5, 5.41) is 9.93. The number of allylic oxidation sites excluding steroid dienone is 2. The smallest absolute Gasteiger partial charge is 0.338 e. The highest BCUT2D eigenvalue weighted by Crippen LogP contribution is 2.43. The standard InChI is InChI=1S/C35H30N2O4/c1-3-39-34(38)31-24(2)40-33(37)30(23-36)32(31)25-19-21-29(22-20-25)41-35(26-13-7-4-8-14-26,27-15-9-5-10-16-27)28-17-11-6-12-18-28/h4-22,32H,3,37H2,1-2H3. The second-order valence-electron chi connectivity index (χ2n) is 9.57. The zero-order valence-corrected chi connectivity index (χ0v) is 22.9. The molecule has 0 aromatic heterocycles. The van der Waals surface area contributed by atoms with Crippen molar-refractivity contribution in [3.63, 3.8) is 0 Å². The highest BCUT2D eigenvalue weighted by molar-refractivity contribution is 5.92. The maximum absolute atomic E-state index is 12.9. The Morgan fingerprint density at radius 3 is 1.78 bits per heavy atom. The highest BCUT2D eigenvalue weighted by atomic mass is 16.5. The van der Waals surface area contributed by atoms with Crippen molar-refractivity contribution in [3.05, 3.63) is 160 Å². The summed E-state index contributed by atoms with van der Waals surface area (Å²) < 4.78 is 17.8. The minimum atomic E-state index is -0.946. The molecule has 0 amide bonds. The molecule has 6 heteroatoms. The molecule has 2 N–H and O–H groups in total. The summed E-state index contributed by atoms with van der Waals surface area (Å²) in [7, 11) is 0. The van der Waals surface area contributed by atoms with Gasteiger partial charge in [-0.25, -0.2) is 4.79 Å². The van der Waals surface area contributed by atoms with Crippen molar-refractivity contribution in [1.82, 2.24) is 0 Å². The zero-order chi connectivity index (χ0) is 28.8. The largest absolute Gasteiger partial charge is 0.473 e. The summed E-state index contributed by atoms with van der Waals surface area (Å²) >= 11 is 0. The number of ether oxygens (including phenoxy) is 3. The van der Waals surface area contributed by atoms with Crippen LogP contribution in [0, 0.1) is 11.3 Å². The molecule has 1 atom stereocenters. The van der Waals surface area contributed by atoms with Crippen LogP contribution in [0.25, 0.3) is 0 Å². The van der Waals surface area contributed by atoms with Crippen LogP contribution in [-0.2, 0) is 19.9 Å². The SMILES string of the molecule is CCOC(=O)C1=C(C)OC(N)=C(C#N)C1c1ccc(OC(c2ccccc2)(c2ccccc2)c2ccccc2)cc1. The maximum Gasteiger partial charge on any atom is 0.338 e. The molecular weight excluding hydrogens is 512 g/mol. The summed E-state index contributed by atoms with van der Waals surface area (Å²) in [5.74, 6) is -0.400. The summed E-state index contributed by atoms with van der Waals surface area (Å²) in [5.41, 5.74) is 9.12. The minimum Gasteiger partial charge on any atom is -0.473 e. The van der Waals surface area contributed by atoms with E-state index in [0.29, 0.717) is 17.1 Å². The third-order valence-electron chi connectivity index (χ3n) is 7.13. The first-order valence-electron chi connectivity index (χ1n) is 13.4. The van der Waals surface area contributed by atoms with Crippen molar-refractivity contribution in [2.45, 2.75) is 25.4 Å². The first kappa shape index (κ1) is 27.3. The van der Waals surface area contributed by atoms with Gasteiger partial charge in [-0.15, -0.1) is 0 Å². The number of nitrogens with two attached hydrogens (primary N) is 1. The van der Waals surface area contributed by atoms with Crippen LogP contribution in [0.15, 0.2) is 138 Å². The van der Waals surface area contributed by atoms with Gasteiger partial charge in [-0.05, 0) is 31.5 Å². The van der Waals surface area contributed by atoms with Crippen LogP contribution in [0.5, 0.6) is 5.75 Å². The molecule has 0 spiro atoms. The van der Waals surface area contributed by atoms with E-state index >= 15 is 0 Å². The number of carbonyl (C=O) groups excluding carboxylic acids is 1. The van der Waals surface area contributed by atoms with Gasteiger partial charge in [0.1, 0.15) is 23.2 Å². The molecule has 0 bridgehead atoms. The molecule has 5 rings (SSSR count). The lowest BCUT2D eigenvalue weighted by atomic mass is 9.80. The van der Waals surface area contributed by atoms with Gasteiger partial charge in [0.25, 0.3) is 0 Å². The van der Waals surface area contributed by atoms with Gasteiger partial charge in [-0.1, -0.05) is 103 Å². The lowest BCUT2D eigenvalue weighted by molar-refractivity contribution is -0.139. The van der Waals surface area contributed by atoms with Gasteiger partial charge in [-0.3, -0.25) is 0 Å². The number of nitriles is 1. The van der Waals surface area contributed by atoms with E-state index in [9.17, 15) is 10.1 Å². The number of hydrogen-bond donors (Lipinski definition) is 1. The number of esters is 1. The van der Waals surface area contributed by atoms with E-state index in [1.165, 1.54) is 0 Å². The summed E-state index contributed by atoms with van der Waals surface area (Å²) in [6.07, 6.45) is 0. The number of nitrogens with zero attached hydrogens (tertiary/aromatic N) is 1. The zero-order valence-electron chi connectivity index (χ0n) is 22.9. The van der Waals surface area contributed by atoms with Crippen LogP contribution in [0.3, 0.4) is 0 Å². The molecule has 4 aromatic carbocycles. The van der Waals surface area contributed by atoms with Crippen LogP contribution in [0.1, 0.15) is 42.0 Å². The van der Waals surface area contributed by atoms with Gasteiger partial charge >= 0.3 is 5.97 Å². The number of rotatable bonds is 8. The van der Waals surface area contributed by atoms with E-state index in [4.69, 9.17) is 19.9 Å². The van der Waals surface area contributed by atoms with E-state index in [-0.39, 0.29) is 23.6 Å². The van der Waals surface area contributed by atoms with E-state index in [1.807, 2.05) is 78.9 Å². The van der Waals surface area contributed by atoms with E-state index in [0.717, 1.165) is 16.7 Å². The molecule has 204 valence electrons. The van der Waals surface area contributed by atoms with Crippen LogP contribution in [0.4, 0.5) is 0 Å². The maximum atomic E-state index is 12.9. The topological polar surface area (TPSA) is 94.6 Å². The molecule has 0 saturated carbocycles. The molecule has 0 fully saturated rings. The van der Waals surface area contributed by atoms with Crippen LogP contribution in [0.2, 0.25) is 0 Å². The number of carbonyl (C=O) groups is 1. The van der Waals surface area contributed by atoms with Gasteiger partial charge in [0.05, 0.1) is 18.1 Å². The fourth-order valence-electron chi connectivity index (χ4n) is 5.29. The van der Waals surface area contributed by atoms with Crippen molar-refractivity contribution in [2.24, 2.45) is 5.73 Å². The number of hydrogen-bond acceptors (Lipinski definition) is 6. The Balaban J connectivity index is 1.62. The molecule has 1 unspecified atom stereocenters. The average molecular weight is 543 g/mol. The fourth-order valence-corrected chi connectivity index (χ4v) is 5.29. The molecule has 0 aliphatic carbocycles. The molecule has 0 saturated heterocycles. The van der Waals surface area contributed by atoms with Crippen LogP contribution in [-0.4, -0.2) is 12.6 Å². The molecular formula is C35H30N2O4. The van der Waals surface area contributed by atoms with E-state index in [1.54, 1.807) is 13.8 Å². The Morgan fingerprint density at radius 1 is 0.854 bits per heavy atom. The molecule has 0 radical (unpaired) electrons. The Kier molecular flexibility index (Phi) is 7.89. The van der Waals surface area contributed by atoms with Gasteiger partial charge in [0, 0.05) is 16.7 Å². The van der Waals surface area contributed by atoms with Crippen molar-refractivity contribution in [3.8, 4) is 11.8 Å². The predicted octanol–water partition coefficient (Wildman–Crippen LogP) is 6.70. The molecule has 6 nitrogen and oxygen atoms in total. The Morgan fingerprint density at radius 2 is 1.34 bits per heavy atom. The molecule has 4 aromatic rings. The molecule has 1 aliphatic heterocycles. The third kappa shape index (κ3) is 5.18. The van der Waals surface area contributed by atoms with Crippen molar-refractivity contribution >= 4 is 5.97 Å². The quantitative estimate of drug-likeness (QED) is 0.197. The highest BCUT2D eigenvalue weighted by Gasteiger charge is 2.40. The first-order valence-corrected chi connectivity index (χ1v) is 13.4. The fraction of sp³-hybridized carbons (Fsp3) is 0.143. The van der Waals surface area contributed by atoms with E-state index < -0.39 is 17.5 Å². The Hall–Kier alpha value is -5.28. The monoisotopic (exact) mass is 542 g/mol. The Bertz CT molecular complexity index is 1520. The van der Waals surface area contributed by atoms with Crippen molar-refractivity contribution < 1.29 is 19.0 Å². The average Bonchev–Trinajstić information content (AvgIpc) is 3.01. The Labute approximate surface area is 239 Å². The molecule has 1 heterocycles. The summed E-state index contributed by atoms with van der Waals surface area (Å²) in [6, 6.07) is 39.8. The second kappa shape index (κ2) is 11.8. The van der Waals surface area contributed by atoms with Gasteiger partial charge in [0.15, 0.2) is 5.60 Å². The predicted molar refractivity (Wildman–Crippen MR) is 156 cm³/mol. The van der Waals surface area contributed by atoms with E-state index in [2.05, 4.69) is 42.5 Å². The summed E-state index contributed by atoms with van der Waals surface area (Å²) in [4.78, 5) is 12.9. The van der Waals surface area contributed by atoms with Gasteiger partial charge in [0.2, 0.25) is 5.88 Å². The summed E-state index contributed by atoms with van der Waals surface area (Å²) in [6.45, 7) is 3.56. The molecule has 1 aliphatic rings. The van der Waals surface area contributed by atoms with Crippen LogP contribution < -0.4 is 10.5 Å². The third-order valence-corrected chi connectivity index (χ3v) is 7.13. The lowest BCUT2D eigenvalue weighted by Gasteiger charge is -2.36. The number of benzene rings is 4. The van der Waals surface area contributed by atoms with Gasteiger partial charge < -0.3 is 19.9 Å². The minimum absolute atomic E-state index is 0.0281. The van der Waals surface area contributed by atoms with Crippen molar-refractivity contribution in [1.29, 1.82) is 5.26 Å². The van der Waals surface area contributed by atoms with Gasteiger partial charge in [-0.2, -0.15) is 5.26 Å².